The second kappa shape index (κ2) is 8.48. The molecule has 24 heavy (non-hydrogen) atoms. The molecule has 1 heterocycles. The van der Waals surface area contributed by atoms with Crippen LogP contribution >= 0.6 is 23.1 Å². The number of benzene rings is 1. The van der Waals surface area contributed by atoms with Crippen molar-refractivity contribution in [1.82, 2.24) is 10.3 Å². The quantitative estimate of drug-likeness (QED) is 0.629. The lowest BCUT2D eigenvalue weighted by molar-refractivity contribution is -0.146. The molecule has 0 saturated heterocycles. The van der Waals surface area contributed by atoms with E-state index < -0.39 is 5.97 Å². The largest absolute Gasteiger partial charge is 0.455 e. The number of thioether (sulfide) groups is 1. The normalized spacial score (nSPS) is 15.3. The Kier molecular flexibility index (Phi) is 6.09. The molecule has 0 bridgehead atoms. The van der Waals surface area contributed by atoms with Gasteiger partial charge in [0.1, 0.15) is 0 Å². The zero-order valence-corrected chi connectivity index (χ0v) is 15.0. The lowest BCUT2D eigenvalue weighted by Crippen LogP contribution is -2.38. The van der Waals surface area contributed by atoms with Crippen LogP contribution in [-0.2, 0) is 14.3 Å². The Balaban J connectivity index is 1.38. The smallest absolute Gasteiger partial charge is 0.316 e. The van der Waals surface area contributed by atoms with E-state index >= 15 is 0 Å². The molecule has 1 saturated carbocycles. The van der Waals surface area contributed by atoms with E-state index in [0.29, 0.717) is 0 Å². The van der Waals surface area contributed by atoms with E-state index in [2.05, 4.69) is 10.3 Å². The average Bonchev–Trinajstić information content (AvgIpc) is 3.02. The maximum absolute atomic E-state index is 11.8. The second-order valence-corrected chi connectivity index (χ2v) is 8.05. The van der Waals surface area contributed by atoms with Crippen molar-refractivity contribution in [1.29, 1.82) is 0 Å². The summed E-state index contributed by atoms with van der Waals surface area (Å²) in [7, 11) is 0. The Bertz CT molecular complexity index is 678. The van der Waals surface area contributed by atoms with Crippen LogP contribution in [-0.4, -0.2) is 35.3 Å². The van der Waals surface area contributed by atoms with Crippen LogP contribution in [0.25, 0.3) is 10.2 Å². The third kappa shape index (κ3) is 4.95. The minimum atomic E-state index is -0.391. The van der Waals surface area contributed by atoms with Crippen LogP contribution in [0.2, 0.25) is 0 Å². The van der Waals surface area contributed by atoms with E-state index in [1.54, 1.807) is 11.3 Å². The van der Waals surface area contributed by atoms with E-state index in [9.17, 15) is 9.59 Å². The van der Waals surface area contributed by atoms with Crippen LogP contribution in [0.1, 0.15) is 32.1 Å². The molecule has 2 aromatic rings. The predicted octanol–water partition coefficient (Wildman–Crippen LogP) is 3.38. The lowest BCUT2D eigenvalue weighted by Gasteiger charge is -2.22. The molecule has 0 radical (unpaired) electrons. The molecule has 1 fully saturated rings. The number of ether oxygens (including phenoxy) is 1. The van der Waals surface area contributed by atoms with Crippen molar-refractivity contribution in [3.05, 3.63) is 24.3 Å². The van der Waals surface area contributed by atoms with Gasteiger partial charge in [0.2, 0.25) is 0 Å². The maximum atomic E-state index is 11.8. The van der Waals surface area contributed by atoms with E-state index in [4.69, 9.17) is 4.74 Å². The van der Waals surface area contributed by atoms with Crippen LogP contribution in [0.4, 0.5) is 0 Å². The standard InChI is InChI=1S/C17H20N2O3S2/c20-15(18-12-6-2-1-3-7-12)10-22-16(21)11-23-17-19-13-8-4-5-9-14(13)24-17/h4-5,8-9,12H,1-3,6-7,10-11H2,(H,18,20). The highest BCUT2D eigenvalue weighted by atomic mass is 32.2. The number of fused-ring (bicyclic) bond motifs is 1. The molecule has 0 spiro atoms. The number of carbonyl (C=O) groups is 2. The van der Waals surface area contributed by atoms with Crippen molar-refractivity contribution in [2.24, 2.45) is 0 Å². The van der Waals surface area contributed by atoms with Gasteiger partial charge in [-0.15, -0.1) is 11.3 Å². The van der Waals surface area contributed by atoms with Crippen molar-refractivity contribution >= 4 is 45.2 Å². The van der Waals surface area contributed by atoms with Gasteiger partial charge in [-0.3, -0.25) is 9.59 Å². The summed E-state index contributed by atoms with van der Waals surface area (Å²) in [6.45, 7) is -0.199. The molecule has 7 heteroatoms. The molecular formula is C17H20N2O3S2. The average molecular weight is 364 g/mol. The number of hydrogen-bond acceptors (Lipinski definition) is 6. The van der Waals surface area contributed by atoms with Gasteiger partial charge in [-0.2, -0.15) is 0 Å². The summed E-state index contributed by atoms with van der Waals surface area (Å²) >= 11 is 2.89. The van der Waals surface area contributed by atoms with Gasteiger partial charge >= 0.3 is 5.97 Å². The summed E-state index contributed by atoms with van der Waals surface area (Å²) in [6, 6.07) is 8.10. The summed E-state index contributed by atoms with van der Waals surface area (Å²) < 4.78 is 6.98. The van der Waals surface area contributed by atoms with Crippen LogP contribution in [0.5, 0.6) is 0 Å². The number of amides is 1. The number of aromatic nitrogens is 1. The number of nitrogens with zero attached hydrogens (tertiary/aromatic N) is 1. The van der Waals surface area contributed by atoms with E-state index in [-0.39, 0.29) is 24.3 Å². The molecule has 1 aliphatic rings. The van der Waals surface area contributed by atoms with Crippen molar-refractivity contribution < 1.29 is 14.3 Å². The Morgan fingerprint density at radius 3 is 2.83 bits per heavy atom. The first kappa shape index (κ1) is 17.2. The molecule has 128 valence electrons. The first-order valence-electron chi connectivity index (χ1n) is 8.14. The van der Waals surface area contributed by atoms with Crippen LogP contribution in [0, 0.1) is 0 Å². The number of hydrogen-bond donors (Lipinski definition) is 1. The molecule has 1 aliphatic carbocycles. The molecule has 0 unspecified atom stereocenters. The van der Waals surface area contributed by atoms with Gasteiger partial charge in [-0.25, -0.2) is 4.98 Å². The number of carbonyl (C=O) groups excluding carboxylic acids is 2. The highest BCUT2D eigenvalue weighted by Crippen LogP contribution is 2.29. The highest BCUT2D eigenvalue weighted by Gasteiger charge is 2.16. The second-order valence-electron chi connectivity index (χ2n) is 5.80. The van der Waals surface area contributed by atoms with E-state index in [1.165, 1.54) is 18.2 Å². The van der Waals surface area contributed by atoms with Gasteiger partial charge < -0.3 is 10.1 Å². The summed E-state index contributed by atoms with van der Waals surface area (Å²) in [5.74, 6) is -0.436. The fraction of sp³-hybridized carbons (Fsp3) is 0.471. The van der Waals surface area contributed by atoms with Gasteiger partial charge in [-0.05, 0) is 25.0 Å². The predicted molar refractivity (Wildman–Crippen MR) is 96.3 cm³/mol. The highest BCUT2D eigenvalue weighted by molar-refractivity contribution is 8.01. The van der Waals surface area contributed by atoms with Gasteiger partial charge in [0.15, 0.2) is 10.9 Å². The minimum Gasteiger partial charge on any atom is -0.455 e. The topological polar surface area (TPSA) is 68.3 Å². The van der Waals surface area contributed by atoms with Crippen molar-refractivity contribution in [3.8, 4) is 0 Å². The number of thiazole rings is 1. The Hall–Kier alpha value is -1.60. The SMILES string of the molecule is O=C(COC(=O)CSc1nc2ccccc2s1)NC1CCCCC1. The molecule has 0 aliphatic heterocycles. The Morgan fingerprint density at radius 2 is 2.04 bits per heavy atom. The molecule has 1 aromatic heterocycles. The summed E-state index contributed by atoms with van der Waals surface area (Å²) in [4.78, 5) is 28.0. The Labute approximate surface area is 149 Å². The number of esters is 1. The fourth-order valence-corrected chi connectivity index (χ4v) is 4.60. The van der Waals surface area contributed by atoms with Crippen molar-refractivity contribution in [3.63, 3.8) is 0 Å². The first-order valence-corrected chi connectivity index (χ1v) is 9.94. The number of rotatable bonds is 6. The third-order valence-electron chi connectivity index (χ3n) is 3.92. The van der Waals surface area contributed by atoms with Crippen molar-refractivity contribution in [2.75, 3.05) is 12.4 Å². The molecule has 0 atom stereocenters. The fourth-order valence-electron chi connectivity index (χ4n) is 2.74. The molecule has 1 N–H and O–H groups in total. The van der Waals surface area contributed by atoms with E-state index in [0.717, 1.165) is 40.2 Å². The monoisotopic (exact) mass is 364 g/mol. The summed E-state index contributed by atoms with van der Waals surface area (Å²) in [5, 5.41) is 2.93. The molecule has 1 amide bonds. The zero-order valence-electron chi connectivity index (χ0n) is 13.3. The molecule has 5 nitrogen and oxygen atoms in total. The Morgan fingerprint density at radius 1 is 1.25 bits per heavy atom. The summed E-state index contributed by atoms with van der Waals surface area (Å²) in [6.07, 6.45) is 5.59. The zero-order chi connectivity index (χ0) is 16.8. The van der Waals surface area contributed by atoms with Crippen LogP contribution in [0.15, 0.2) is 28.6 Å². The number of para-hydroxylation sites is 1. The van der Waals surface area contributed by atoms with Gasteiger partial charge in [0.05, 0.1) is 16.0 Å². The van der Waals surface area contributed by atoms with Crippen LogP contribution < -0.4 is 5.32 Å². The summed E-state index contributed by atoms with van der Waals surface area (Å²) in [5.41, 5.74) is 0.935. The first-order chi connectivity index (χ1) is 11.7. The van der Waals surface area contributed by atoms with Crippen LogP contribution in [0.3, 0.4) is 0 Å². The lowest BCUT2D eigenvalue weighted by atomic mass is 9.95. The molecule has 3 rings (SSSR count). The molecule has 1 aromatic carbocycles. The van der Waals surface area contributed by atoms with Gasteiger partial charge in [-0.1, -0.05) is 43.2 Å². The van der Waals surface area contributed by atoms with Crippen molar-refractivity contribution in [2.45, 2.75) is 42.5 Å². The number of nitrogens with one attached hydrogen (secondary N) is 1. The van der Waals surface area contributed by atoms with Gasteiger partial charge in [0, 0.05) is 6.04 Å². The molecular weight excluding hydrogens is 344 g/mol. The van der Waals surface area contributed by atoms with E-state index in [1.807, 2.05) is 24.3 Å². The minimum absolute atomic E-state index is 0.163. The van der Waals surface area contributed by atoms with Gasteiger partial charge in [0.25, 0.3) is 5.91 Å². The third-order valence-corrected chi connectivity index (χ3v) is 6.08. The maximum Gasteiger partial charge on any atom is 0.316 e.